The van der Waals surface area contributed by atoms with Crippen LogP contribution in [0.4, 0.5) is 4.39 Å². The number of aliphatic hydroxyl groups is 1. The Balaban J connectivity index is 2.89. The van der Waals surface area contributed by atoms with Crippen LogP contribution >= 0.6 is 11.6 Å². The van der Waals surface area contributed by atoms with Crippen molar-refractivity contribution in [2.75, 3.05) is 0 Å². The molecule has 2 nitrogen and oxygen atoms in total. The van der Waals surface area contributed by atoms with E-state index >= 15 is 0 Å². The van der Waals surface area contributed by atoms with Gasteiger partial charge in [-0.15, -0.1) is 0 Å². The predicted molar refractivity (Wildman–Crippen MR) is 59.3 cm³/mol. The van der Waals surface area contributed by atoms with Crippen molar-refractivity contribution < 1.29 is 9.50 Å². The van der Waals surface area contributed by atoms with Gasteiger partial charge < -0.3 is 10.8 Å². The zero-order chi connectivity index (χ0) is 11.4. The molecule has 0 heterocycles. The zero-order valence-corrected chi connectivity index (χ0v) is 9.34. The first kappa shape index (κ1) is 12.4. The normalized spacial score (nSPS) is 15.0. The fourth-order valence-corrected chi connectivity index (χ4v) is 1.63. The maximum absolute atomic E-state index is 13.4. The molecule has 0 spiro atoms. The number of nitrogens with two attached hydrogens (primary N) is 1. The molecule has 3 N–H and O–H groups in total. The highest BCUT2D eigenvalue weighted by molar-refractivity contribution is 6.30. The molecule has 0 unspecified atom stereocenters. The SMILES string of the molecule is CCC[C@@H](O)[C@@H](N)c1cc(Cl)ccc1F. The molecule has 1 aromatic rings. The lowest BCUT2D eigenvalue weighted by Gasteiger charge is -2.19. The molecule has 0 fully saturated rings. The van der Waals surface area contributed by atoms with Crippen LogP contribution in [0.3, 0.4) is 0 Å². The number of hydrogen-bond donors (Lipinski definition) is 2. The van der Waals surface area contributed by atoms with Gasteiger partial charge in [-0.2, -0.15) is 0 Å². The minimum Gasteiger partial charge on any atom is -0.391 e. The summed E-state index contributed by atoms with van der Waals surface area (Å²) < 4.78 is 13.4. The van der Waals surface area contributed by atoms with E-state index in [9.17, 15) is 9.50 Å². The van der Waals surface area contributed by atoms with Crippen molar-refractivity contribution >= 4 is 11.6 Å². The van der Waals surface area contributed by atoms with Gasteiger partial charge in [0.2, 0.25) is 0 Å². The van der Waals surface area contributed by atoms with Crippen LogP contribution in [-0.2, 0) is 0 Å². The van der Waals surface area contributed by atoms with Gasteiger partial charge in [0.15, 0.2) is 0 Å². The van der Waals surface area contributed by atoms with E-state index in [1.165, 1.54) is 18.2 Å². The highest BCUT2D eigenvalue weighted by atomic mass is 35.5. The summed E-state index contributed by atoms with van der Waals surface area (Å²) in [4.78, 5) is 0. The Morgan fingerprint density at radius 3 is 2.80 bits per heavy atom. The third-order valence-corrected chi connectivity index (χ3v) is 2.55. The molecule has 0 amide bonds. The lowest BCUT2D eigenvalue weighted by atomic mass is 9.99. The molecular formula is C11H15ClFNO. The highest BCUT2D eigenvalue weighted by Crippen LogP contribution is 2.23. The van der Waals surface area contributed by atoms with Crippen LogP contribution in [0.25, 0.3) is 0 Å². The smallest absolute Gasteiger partial charge is 0.128 e. The Morgan fingerprint density at radius 2 is 2.20 bits per heavy atom. The van der Waals surface area contributed by atoms with Crippen LogP contribution < -0.4 is 5.73 Å². The van der Waals surface area contributed by atoms with E-state index < -0.39 is 18.0 Å². The molecule has 84 valence electrons. The van der Waals surface area contributed by atoms with Crippen molar-refractivity contribution in [1.29, 1.82) is 0 Å². The molecule has 0 aliphatic rings. The first-order valence-electron chi connectivity index (χ1n) is 4.94. The Kier molecular flexibility index (Phi) is 4.51. The van der Waals surface area contributed by atoms with Crippen LogP contribution in [0.2, 0.25) is 5.02 Å². The lowest BCUT2D eigenvalue weighted by molar-refractivity contribution is 0.133. The van der Waals surface area contributed by atoms with Crippen molar-refractivity contribution in [2.45, 2.75) is 31.9 Å². The molecule has 0 aromatic heterocycles. The molecule has 0 aliphatic heterocycles. The topological polar surface area (TPSA) is 46.2 Å². The number of benzene rings is 1. The summed E-state index contributed by atoms with van der Waals surface area (Å²) in [6.07, 6.45) is 0.618. The van der Waals surface area contributed by atoms with E-state index in [0.717, 1.165) is 6.42 Å². The van der Waals surface area contributed by atoms with Gasteiger partial charge in [-0.1, -0.05) is 24.9 Å². The third kappa shape index (κ3) is 3.16. The quantitative estimate of drug-likeness (QED) is 0.837. The van der Waals surface area contributed by atoms with Gasteiger partial charge in [-0.25, -0.2) is 4.39 Å². The van der Waals surface area contributed by atoms with E-state index in [1.54, 1.807) is 0 Å². The molecule has 2 atom stereocenters. The summed E-state index contributed by atoms with van der Waals surface area (Å²) in [5, 5.41) is 10.1. The van der Waals surface area contributed by atoms with Crippen molar-refractivity contribution in [1.82, 2.24) is 0 Å². The largest absolute Gasteiger partial charge is 0.391 e. The molecule has 4 heteroatoms. The Morgan fingerprint density at radius 1 is 1.53 bits per heavy atom. The first-order valence-corrected chi connectivity index (χ1v) is 5.32. The standard InChI is InChI=1S/C11H15ClFNO/c1-2-3-10(15)11(14)8-6-7(12)4-5-9(8)13/h4-6,10-11,15H,2-3,14H2,1H3/t10-,11+/m1/s1. The summed E-state index contributed by atoms with van der Waals surface area (Å²) in [5.74, 6) is -0.429. The van der Waals surface area contributed by atoms with E-state index in [1.807, 2.05) is 6.92 Å². The number of aliphatic hydroxyl groups excluding tert-OH is 1. The summed E-state index contributed by atoms with van der Waals surface area (Å²) in [7, 11) is 0. The van der Waals surface area contributed by atoms with Gasteiger partial charge in [0, 0.05) is 10.6 Å². The van der Waals surface area contributed by atoms with Crippen LogP contribution in [0, 0.1) is 5.82 Å². The number of hydrogen-bond acceptors (Lipinski definition) is 2. The van der Waals surface area contributed by atoms with Crippen molar-refractivity contribution in [3.63, 3.8) is 0 Å². The Hall–Kier alpha value is -0.640. The number of rotatable bonds is 4. The average Bonchev–Trinajstić information content (AvgIpc) is 2.21. The fourth-order valence-electron chi connectivity index (χ4n) is 1.45. The fraction of sp³-hybridized carbons (Fsp3) is 0.455. The van der Waals surface area contributed by atoms with Crippen molar-refractivity contribution in [2.24, 2.45) is 5.73 Å². The van der Waals surface area contributed by atoms with Gasteiger partial charge >= 0.3 is 0 Å². The second-order valence-corrected chi connectivity index (χ2v) is 3.98. The maximum atomic E-state index is 13.4. The van der Waals surface area contributed by atoms with Gasteiger partial charge in [0.1, 0.15) is 5.82 Å². The number of halogens is 2. The van der Waals surface area contributed by atoms with Gasteiger partial charge in [0.05, 0.1) is 12.1 Å². The molecule has 0 bridgehead atoms. The van der Waals surface area contributed by atoms with E-state index in [-0.39, 0.29) is 5.56 Å². The summed E-state index contributed by atoms with van der Waals surface area (Å²) in [5.41, 5.74) is 6.01. The average molecular weight is 232 g/mol. The van der Waals surface area contributed by atoms with Crippen LogP contribution in [-0.4, -0.2) is 11.2 Å². The van der Waals surface area contributed by atoms with Crippen molar-refractivity contribution in [3.8, 4) is 0 Å². The molecule has 0 saturated heterocycles. The molecule has 0 saturated carbocycles. The summed E-state index contributed by atoms with van der Waals surface area (Å²) in [6, 6.07) is 3.46. The molecule has 1 aromatic carbocycles. The first-order chi connectivity index (χ1) is 7.06. The molecule has 0 radical (unpaired) electrons. The van der Waals surface area contributed by atoms with Crippen LogP contribution in [0.5, 0.6) is 0 Å². The monoisotopic (exact) mass is 231 g/mol. The minimum absolute atomic E-state index is 0.267. The highest BCUT2D eigenvalue weighted by Gasteiger charge is 2.19. The van der Waals surface area contributed by atoms with Gasteiger partial charge in [-0.3, -0.25) is 0 Å². The maximum Gasteiger partial charge on any atom is 0.128 e. The Labute approximate surface area is 93.9 Å². The van der Waals surface area contributed by atoms with E-state index in [4.69, 9.17) is 17.3 Å². The lowest BCUT2D eigenvalue weighted by Crippen LogP contribution is -2.26. The van der Waals surface area contributed by atoms with E-state index in [0.29, 0.717) is 11.4 Å². The second-order valence-electron chi connectivity index (χ2n) is 3.55. The third-order valence-electron chi connectivity index (χ3n) is 2.32. The molecule has 0 aliphatic carbocycles. The van der Waals surface area contributed by atoms with Crippen molar-refractivity contribution in [3.05, 3.63) is 34.6 Å². The van der Waals surface area contributed by atoms with Crippen LogP contribution in [0.15, 0.2) is 18.2 Å². The summed E-state index contributed by atoms with van der Waals surface area (Å²) >= 11 is 5.74. The van der Waals surface area contributed by atoms with E-state index in [2.05, 4.69) is 0 Å². The molecule has 15 heavy (non-hydrogen) atoms. The summed E-state index contributed by atoms with van der Waals surface area (Å²) in [6.45, 7) is 1.93. The minimum atomic E-state index is -0.733. The zero-order valence-electron chi connectivity index (χ0n) is 8.58. The second kappa shape index (κ2) is 5.45. The Bertz CT molecular complexity index is 332. The molecular weight excluding hydrogens is 217 g/mol. The van der Waals surface area contributed by atoms with Crippen LogP contribution in [0.1, 0.15) is 31.4 Å². The predicted octanol–water partition coefficient (Wildman–Crippen LogP) is 2.64. The molecule has 1 rings (SSSR count). The van der Waals surface area contributed by atoms with Gasteiger partial charge in [-0.05, 0) is 24.6 Å². The van der Waals surface area contributed by atoms with Gasteiger partial charge in [0.25, 0.3) is 0 Å².